The van der Waals surface area contributed by atoms with E-state index >= 15 is 0 Å². The minimum Gasteiger partial charge on any atom is -0.475 e. The highest BCUT2D eigenvalue weighted by molar-refractivity contribution is 5.83. The molecule has 0 amide bonds. The number of nitrogens with zero attached hydrogens (tertiary/aromatic N) is 2. The summed E-state index contributed by atoms with van der Waals surface area (Å²) >= 11 is 0. The Hall–Kier alpha value is -1.36. The molecule has 0 atom stereocenters. The number of carboxylic acids is 1. The third-order valence-corrected chi connectivity index (χ3v) is 3.07. The molecule has 1 fully saturated rings. The Kier molecular flexibility index (Phi) is 3.24. The number of aromatic nitrogens is 1. The Morgan fingerprint density at radius 1 is 1.62 bits per heavy atom. The Labute approximate surface area is 94.1 Å². The molecule has 1 aliphatic heterocycles. The fourth-order valence-electron chi connectivity index (χ4n) is 2.02. The molecule has 1 aromatic heterocycles. The van der Waals surface area contributed by atoms with Gasteiger partial charge in [0, 0.05) is 6.42 Å². The molecule has 1 aliphatic rings. The molecule has 2 rings (SSSR count). The maximum absolute atomic E-state index is 10.6. The first-order valence-corrected chi connectivity index (χ1v) is 5.51. The molecule has 2 heterocycles. The van der Waals surface area contributed by atoms with Crippen molar-refractivity contribution in [2.24, 2.45) is 5.92 Å². The number of rotatable bonds is 3. The van der Waals surface area contributed by atoms with Crippen molar-refractivity contribution < 1.29 is 14.3 Å². The van der Waals surface area contributed by atoms with Crippen LogP contribution in [0, 0.1) is 5.92 Å². The lowest BCUT2D eigenvalue weighted by Crippen LogP contribution is -2.30. The van der Waals surface area contributed by atoms with Crippen molar-refractivity contribution in [3.63, 3.8) is 0 Å². The van der Waals surface area contributed by atoms with Crippen molar-refractivity contribution in [1.82, 2.24) is 9.88 Å². The summed E-state index contributed by atoms with van der Waals surface area (Å²) < 4.78 is 5.15. The van der Waals surface area contributed by atoms with E-state index in [4.69, 9.17) is 9.52 Å². The number of likely N-dealkylation sites (tertiary alicyclic amines) is 1. The number of piperidine rings is 1. The Bertz CT molecular complexity index is 367. The minimum atomic E-state index is -1.05. The van der Waals surface area contributed by atoms with Gasteiger partial charge < -0.3 is 14.4 Å². The number of carboxylic acid groups (broad SMARTS) is 1. The number of aromatic carboxylic acids is 1. The third-order valence-electron chi connectivity index (χ3n) is 3.07. The Morgan fingerprint density at radius 3 is 2.88 bits per heavy atom. The van der Waals surface area contributed by atoms with Crippen LogP contribution in [-0.4, -0.2) is 41.1 Å². The first-order valence-electron chi connectivity index (χ1n) is 5.51. The molecule has 88 valence electrons. The highest BCUT2D eigenvalue weighted by Gasteiger charge is 2.20. The molecule has 16 heavy (non-hydrogen) atoms. The molecule has 1 aromatic rings. The molecule has 0 saturated carbocycles. The lowest BCUT2D eigenvalue weighted by atomic mass is 9.94. The fourth-order valence-corrected chi connectivity index (χ4v) is 2.02. The maximum atomic E-state index is 10.6. The summed E-state index contributed by atoms with van der Waals surface area (Å²) in [6.07, 6.45) is 4.29. The van der Waals surface area contributed by atoms with E-state index in [-0.39, 0.29) is 5.76 Å². The van der Waals surface area contributed by atoms with Crippen LogP contribution in [0.25, 0.3) is 0 Å². The maximum Gasteiger partial charge on any atom is 0.373 e. The molecule has 0 radical (unpaired) electrons. The van der Waals surface area contributed by atoms with Crippen LogP contribution in [0.3, 0.4) is 0 Å². The summed E-state index contributed by atoms with van der Waals surface area (Å²) in [5, 5.41) is 8.70. The van der Waals surface area contributed by atoms with Crippen LogP contribution in [0.1, 0.15) is 29.3 Å². The van der Waals surface area contributed by atoms with Gasteiger partial charge in [-0.25, -0.2) is 9.78 Å². The highest BCUT2D eigenvalue weighted by Crippen LogP contribution is 2.20. The lowest BCUT2D eigenvalue weighted by Gasteiger charge is -2.28. The van der Waals surface area contributed by atoms with E-state index in [1.54, 1.807) is 0 Å². The van der Waals surface area contributed by atoms with E-state index in [2.05, 4.69) is 16.9 Å². The number of oxazole rings is 1. The number of hydrogen-bond donors (Lipinski definition) is 1. The largest absolute Gasteiger partial charge is 0.475 e. The predicted molar refractivity (Wildman–Crippen MR) is 57.4 cm³/mol. The normalized spacial score (nSPS) is 18.8. The third kappa shape index (κ3) is 2.61. The molecule has 5 nitrogen and oxygen atoms in total. The minimum absolute atomic E-state index is 0.0667. The fraction of sp³-hybridized carbons (Fsp3) is 0.636. The zero-order valence-electron chi connectivity index (χ0n) is 9.35. The molecule has 0 spiro atoms. The van der Waals surface area contributed by atoms with E-state index < -0.39 is 5.97 Å². The van der Waals surface area contributed by atoms with E-state index in [1.807, 2.05) is 0 Å². The van der Waals surface area contributed by atoms with Crippen LogP contribution >= 0.6 is 0 Å². The van der Waals surface area contributed by atoms with Crippen molar-refractivity contribution in [1.29, 1.82) is 0 Å². The van der Waals surface area contributed by atoms with Gasteiger partial charge in [0.15, 0.2) is 5.89 Å². The molecule has 1 N–H and O–H groups in total. The monoisotopic (exact) mass is 224 g/mol. The summed E-state index contributed by atoms with van der Waals surface area (Å²) in [4.78, 5) is 16.9. The van der Waals surface area contributed by atoms with Crippen molar-refractivity contribution in [2.45, 2.75) is 19.3 Å². The van der Waals surface area contributed by atoms with Crippen LogP contribution in [0.2, 0.25) is 0 Å². The van der Waals surface area contributed by atoms with Crippen molar-refractivity contribution in [3.05, 3.63) is 17.8 Å². The second-order valence-corrected chi connectivity index (χ2v) is 4.37. The zero-order valence-corrected chi connectivity index (χ0v) is 9.35. The second-order valence-electron chi connectivity index (χ2n) is 4.37. The lowest BCUT2D eigenvalue weighted by molar-refractivity contribution is 0.0659. The van der Waals surface area contributed by atoms with Crippen molar-refractivity contribution in [3.8, 4) is 0 Å². The molecule has 0 bridgehead atoms. The van der Waals surface area contributed by atoms with Gasteiger partial charge in [-0.2, -0.15) is 0 Å². The van der Waals surface area contributed by atoms with Gasteiger partial charge in [-0.15, -0.1) is 0 Å². The van der Waals surface area contributed by atoms with Gasteiger partial charge in [-0.1, -0.05) is 0 Å². The zero-order chi connectivity index (χ0) is 11.5. The average molecular weight is 224 g/mol. The first kappa shape index (κ1) is 11.1. The molecule has 0 aromatic carbocycles. The number of carbonyl (C=O) groups is 1. The van der Waals surface area contributed by atoms with Crippen LogP contribution in [0.15, 0.2) is 10.6 Å². The standard InChI is InChI=1S/C11H16N2O3/c1-13-4-2-8(3-5-13)6-10-12-7-9(16-10)11(14)15/h7-8H,2-6H2,1H3,(H,14,15). The summed E-state index contributed by atoms with van der Waals surface area (Å²) in [6.45, 7) is 2.19. The van der Waals surface area contributed by atoms with E-state index in [0.29, 0.717) is 11.8 Å². The first-order chi connectivity index (χ1) is 7.65. The van der Waals surface area contributed by atoms with Crippen LogP contribution < -0.4 is 0 Å². The molecular weight excluding hydrogens is 208 g/mol. The quantitative estimate of drug-likeness (QED) is 0.837. The summed E-state index contributed by atoms with van der Waals surface area (Å²) in [6, 6.07) is 0. The van der Waals surface area contributed by atoms with Gasteiger partial charge in [0.1, 0.15) is 0 Å². The van der Waals surface area contributed by atoms with Gasteiger partial charge >= 0.3 is 5.97 Å². The molecule has 0 aliphatic carbocycles. The van der Waals surface area contributed by atoms with Crippen molar-refractivity contribution >= 4 is 5.97 Å². The van der Waals surface area contributed by atoms with E-state index in [1.165, 1.54) is 6.20 Å². The molecular formula is C11H16N2O3. The Morgan fingerprint density at radius 2 is 2.31 bits per heavy atom. The van der Waals surface area contributed by atoms with Crippen LogP contribution in [-0.2, 0) is 6.42 Å². The topological polar surface area (TPSA) is 66.6 Å². The molecule has 1 saturated heterocycles. The summed E-state index contributed by atoms with van der Waals surface area (Å²) in [5.41, 5.74) is 0. The SMILES string of the molecule is CN1CCC(Cc2ncc(C(=O)O)o2)CC1. The predicted octanol–water partition coefficient (Wildman–Crippen LogP) is 1.26. The molecule has 5 heteroatoms. The van der Waals surface area contributed by atoms with E-state index in [0.717, 1.165) is 32.4 Å². The van der Waals surface area contributed by atoms with E-state index in [9.17, 15) is 4.79 Å². The average Bonchev–Trinajstić information content (AvgIpc) is 2.70. The number of hydrogen-bond acceptors (Lipinski definition) is 4. The van der Waals surface area contributed by atoms with Gasteiger partial charge in [-0.3, -0.25) is 0 Å². The second kappa shape index (κ2) is 4.65. The van der Waals surface area contributed by atoms with Gasteiger partial charge in [0.2, 0.25) is 5.76 Å². The van der Waals surface area contributed by atoms with Crippen LogP contribution in [0.5, 0.6) is 0 Å². The Balaban J connectivity index is 1.91. The van der Waals surface area contributed by atoms with Gasteiger partial charge in [0.25, 0.3) is 0 Å². The van der Waals surface area contributed by atoms with Crippen molar-refractivity contribution in [2.75, 3.05) is 20.1 Å². The molecule has 0 unspecified atom stereocenters. The summed E-state index contributed by atoms with van der Waals surface area (Å²) in [7, 11) is 2.11. The summed E-state index contributed by atoms with van der Waals surface area (Å²) in [5.74, 6) is -0.00602. The smallest absolute Gasteiger partial charge is 0.373 e. The van der Waals surface area contributed by atoms with Crippen LogP contribution in [0.4, 0.5) is 0 Å². The highest BCUT2D eigenvalue weighted by atomic mass is 16.4. The van der Waals surface area contributed by atoms with Gasteiger partial charge in [0.05, 0.1) is 6.20 Å². The van der Waals surface area contributed by atoms with Gasteiger partial charge in [-0.05, 0) is 38.9 Å².